The zero-order valence-electron chi connectivity index (χ0n) is 8.92. The van der Waals surface area contributed by atoms with Gasteiger partial charge < -0.3 is 9.64 Å². The number of amides is 1. The molecule has 1 fully saturated rings. The smallest absolute Gasteiger partial charge is 0.409 e. The first-order chi connectivity index (χ1) is 7.11. The molecule has 88 valence electrons. The second-order valence-electron chi connectivity index (χ2n) is 3.82. The number of alkyl halides is 2. The lowest BCUT2D eigenvalue weighted by Gasteiger charge is -2.26. The Kier molecular flexibility index (Phi) is 4.78. The maximum absolute atomic E-state index is 12.8. The molecule has 0 saturated carbocycles. The number of piperidine rings is 1. The van der Waals surface area contributed by atoms with Crippen LogP contribution < -0.4 is 0 Å². The number of carbonyl (C=O) groups is 1. The fourth-order valence-corrected chi connectivity index (χ4v) is 1.45. The van der Waals surface area contributed by atoms with Gasteiger partial charge in [0.2, 0.25) is 0 Å². The predicted octanol–water partition coefficient (Wildman–Crippen LogP) is 2.31. The SMILES string of the molecule is CC(F)C(F)COC(=O)N1CCCCC1. The summed E-state index contributed by atoms with van der Waals surface area (Å²) >= 11 is 0. The van der Waals surface area contributed by atoms with Crippen molar-refractivity contribution in [1.29, 1.82) is 0 Å². The Labute approximate surface area is 88.4 Å². The zero-order chi connectivity index (χ0) is 11.3. The predicted molar refractivity (Wildman–Crippen MR) is 52.2 cm³/mol. The Morgan fingerprint density at radius 3 is 2.47 bits per heavy atom. The summed E-state index contributed by atoms with van der Waals surface area (Å²) in [5, 5.41) is 0. The molecule has 0 aromatic rings. The number of ether oxygens (including phenoxy) is 1. The normalized spacial score (nSPS) is 20.9. The van der Waals surface area contributed by atoms with E-state index < -0.39 is 25.0 Å². The lowest BCUT2D eigenvalue weighted by atomic mass is 10.1. The van der Waals surface area contributed by atoms with E-state index in [1.54, 1.807) is 4.90 Å². The minimum absolute atomic E-state index is 0.493. The van der Waals surface area contributed by atoms with Crippen molar-refractivity contribution in [3.63, 3.8) is 0 Å². The van der Waals surface area contributed by atoms with Gasteiger partial charge in [-0.3, -0.25) is 0 Å². The van der Waals surface area contributed by atoms with Crippen LogP contribution in [0.3, 0.4) is 0 Å². The molecule has 0 aromatic carbocycles. The number of halogens is 2. The molecule has 0 bridgehead atoms. The van der Waals surface area contributed by atoms with Crippen molar-refractivity contribution >= 4 is 6.09 Å². The molecule has 15 heavy (non-hydrogen) atoms. The molecule has 1 aliphatic rings. The number of carbonyl (C=O) groups excluding carboxylic acids is 1. The molecule has 1 amide bonds. The van der Waals surface area contributed by atoms with E-state index >= 15 is 0 Å². The third-order valence-corrected chi connectivity index (χ3v) is 2.48. The summed E-state index contributed by atoms with van der Waals surface area (Å²) in [5.74, 6) is 0. The van der Waals surface area contributed by atoms with E-state index in [9.17, 15) is 13.6 Å². The van der Waals surface area contributed by atoms with Crippen LogP contribution >= 0.6 is 0 Å². The fraction of sp³-hybridized carbons (Fsp3) is 0.900. The number of likely N-dealkylation sites (tertiary alicyclic amines) is 1. The van der Waals surface area contributed by atoms with E-state index in [4.69, 9.17) is 0 Å². The molecule has 2 unspecified atom stereocenters. The van der Waals surface area contributed by atoms with Crippen molar-refractivity contribution in [2.24, 2.45) is 0 Å². The summed E-state index contributed by atoms with van der Waals surface area (Å²) in [5.41, 5.74) is 0. The minimum Gasteiger partial charge on any atom is -0.446 e. The summed E-state index contributed by atoms with van der Waals surface area (Å²) in [7, 11) is 0. The van der Waals surface area contributed by atoms with Crippen molar-refractivity contribution in [3.8, 4) is 0 Å². The van der Waals surface area contributed by atoms with E-state index in [1.165, 1.54) is 0 Å². The van der Waals surface area contributed by atoms with Crippen molar-refractivity contribution in [2.75, 3.05) is 19.7 Å². The fourth-order valence-electron chi connectivity index (χ4n) is 1.45. The van der Waals surface area contributed by atoms with Gasteiger partial charge in [0.1, 0.15) is 12.8 Å². The Morgan fingerprint density at radius 1 is 1.33 bits per heavy atom. The average Bonchev–Trinajstić information content (AvgIpc) is 2.26. The van der Waals surface area contributed by atoms with E-state index in [0.29, 0.717) is 13.1 Å². The largest absolute Gasteiger partial charge is 0.446 e. The van der Waals surface area contributed by atoms with Crippen LogP contribution in [-0.4, -0.2) is 43.0 Å². The third-order valence-electron chi connectivity index (χ3n) is 2.48. The highest BCUT2D eigenvalue weighted by Crippen LogP contribution is 2.11. The highest BCUT2D eigenvalue weighted by atomic mass is 19.2. The van der Waals surface area contributed by atoms with Crippen LogP contribution in [-0.2, 0) is 4.74 Å². The Balaban J connectivity index is 2.22. The van der Waals surface area contributed by atoms with Crippen LogP contribution in [0.2, 0.25) is 0 Å². The molecule has 1 saturated heterocycles. The molecule has 0 spiro atoms. The molecule has 0 N–H and O–H groups in total. The van der Waals surface area contributed by atoms with E-state index in [-0.39, 0.29) is 0 Å². The lowest BCUT2D eigenvalue weighted by Crippen LogP contribution is -2.37. The number of hydrogen-bond acceptors (Lipinski definition) is 2. The Bertz CT molecular complexity index is 206. The molecule has 1 rings (SSSR count). The molecule has 0 aromatic heterocycles. The summed E-state index contributed by atoms with van der Waals surface area (Å²) < 4.78 is 29.9. The maximum Gasteiger partial charge on any atom is 0.409 e. The molecular formula is C10H17F2NO2. The van der Waals surface area contributed by atoms with Gasteiger partial charge in [-0.2, -0.15) is 0 Å². The number of rotatable bonds is 3. The highest BCUT2D eigenvalue weighted by Gasteiger charge is 2.21. The monoisotopic (exact) mass is 221 g/mol. The van der Waals surface area contributed by atoms with Gasteiger partial charge in [-0.25, -0.2) is 13.6 Å². The third kappa shape index (κ3) is 4.01. The van der Waals surface area contributed by atoms with Gasteiger partial charge in [-0.1, -0.05) is 0 Å². The standard InChI is InChI=1S/C10H17F2NO2/c1-8(11)9(12)7-15-10(14)13-5-3-2-4-6-13/h8-9H,2-7H2,1H3. The van der Waals surface area contributed by atoms with Crippen LogP contribution in [0.25, 0.3) is 0 Å². The first-order valence-electron chi connectivity index (χ1n) is 5.31. The van der Waals surface area contributed by atoms with Gasteiger partial charge in [-0.15, -0.1) is 0 Å². The van der Waals surface area contributed by atoms with E-state index in [1.807, 2.05) is 0 Å². The molecule has 0 radical (unpaired) electrons. The van der Waals surface area contributed by atoms with Crippen molar-refractivity contribution in [3.05, 3.63) is 0 Å². The van der Waals surface area contributed by atoms with Gasteiger partial charge in [0.05, 0.1) is 0 Å². The second kappa shape index (κ2) is 5.88. The van der Waals surface area contributed by atoms with Crippen LogP contribution in [0.4, 0.5) is 13.6 Å². The van der Waals surface area contributed by atoms with E-state index in [0.717, 1.165) is 26.2 Å². The molecule has 5 heteroatoms. The van der Waals surface area contributed by atoms with Gasteiger partial charge in [0.25, 0.3) is 0 Å². The van der Waals surface area contributed by atoms with Crippen LogP contribution in [0.5, 0.6) is 0 Å². The molecule has 3 nitrogen and oxygen atoms in total. The lowest BCUT2D eigenvalue weighted by molar-refractivity contribution is 0.0520. The van der Waals surface area contributed by atoms with Crippen molar-refractivity contribution in [2.45, 2.75) is 38.5 Å². The second-order valence-corrected chi connectivity index (χ2v) is 3.82. The molecular weight excluding hydrogens is 204 g/mol. The summed E-state index contributed by atoms with van der Waals surface area (Å²) in [4.78, 5) is 12.9. The topological polar surface area (TPSA) is 29.5 Å². The van der Waals surface area contributed by atoms with Gasteiger partial charge in [-0.05, 0) is 26.2 Å². The number of hydrogen-bond donors (Lipinski definition) is 0. The van der Waals surface area contributed by atoms with Crippen LogP contribution in [0.1, 0.15) is 26.2 Å². The summed E-state index contributed by atoms with van der Waals surface area (Å²) in [6.07, 6.45) is -0.839. The highest BCUT2D eigenvalue weighted by molar-refractivity contribution is 5.67. The molecule has 1 heterocycles. The van der Waals surface area contributed by atoms with Crippen molar-refractivity contribution < 1.29 is 18.3 Å². The quantitative estimate of drug-likeness (QED) is 0.731. The van der Waals surface area contributed by atoms with Gasteiger partial charge >= 0.3 is 6.09 Å². The first kappa shape index (κ1) is 12.2. The Morgan fingerprint density at radius 2 is 1.93 bits per heavy atom. The summed E-state index contributed by atoms with van der Waals surface area (Å²) in [6, 6.07) is 0. The first-order valence-corrected chi connectivity index (χ1v) is 5.31. The molecule has 1 aliphatic heterocycles. The van der Waals surface area contributed by atoms with Gasteiger partial charge in [0, 0.05) is 13.1 Å². The van der Waals surface area contributed by atoms with Crippen molar-refractivity contribution in [1.82, 2.24) is 4.90 Å². The molecule has 0 aliphatic carbocycles. The number of nitrogens with zero attached hydrogens (tertiary/aromatic N) is 1. The summed E-state index contributed by atoms with van der Waals surface area (Å²) in [6.45, 7) is 1.92. The van der Waals surface area contributed by atoms with Crippen LogP contribution in [0.15, 0.2) is 0 Å². The zero-order valence-corrected chi connectivity index (χ0v) is 8.92. The minimum atomic E-state index is -1.72. The average molecular weight is 221 g/mol. The maximum atomic E-state index is 12.8. The van der Waals surface area contributed by atoms with E-state index in [2.05, 4.69) is 4.74 Å². The molecule has 2 atom stereocenters. The van der Waals surface area contributed by atoms with Crippen LogP contribution in [0, 0.1) is 0 Å². The van der Waals surface area contributed by atoms with Gasteiger partial charge in [0.15, 0.2) is 6.17 Å². The Hall–Kier alpha value is -0.870.